The first kappa shape index (κ1) is 16.0. The number of hydrogen-bond acceptors (Lipinski definition) is 1. The Balaban J connectivity index is 4.25. The predicted octanol–water partition coefficient (Wildman–Crippen LogP) is 4.43. The van der Waals surface area contributed by atoms with Crippen molar-refractivity contribution in [3.05, 3.63) is 0 Å². The van der Waals surface area contributed by atoms with E-state index in [-0.39, 0.29) is 0 Å². The van der Waals surface area contributed by atoms with Crippen molar-refractivity contribution in [2.75, 3.05) is 13.6 Å². The van der Waals surface area contributed by atoms with Gasteiger partial charge in [-0.2, -0.15) is 0 Å². The molecule has 0 saturated heterocycles. The van der Waals surface area contributed by atoms with E-state index < -0.39 is 0 Å². The highest BCUT2D eigenvalue weighted by atomic mass is 15.1. The van der Waals surface area contributed by atoms with Gasteiger partial charge in [0.05, 0.1) is 0 Å². The fourth-order valence-corrected chi connectivity index (χ4v) is 1.54. The Morgan fingerprint density at radius 2 is 1.38 bits per heavy atom. The van der Waals surface area contributed by atoms with Crippen LogP contribution in [-0.4, -0.2) is 24.5 Å². The van der Waals surface area contributed by atoms with Crippen molar-refractivity contribution in [1.29, 1.82) is 0 Å². The molecule has 0 heterocycles. The van der Waals surface area contributed by atoms with Gasteiger partial charge in [-0.1, -0.05) is 48.5 Å². The fraction of sp³-hybridized carbons (Fsp3) is 1.00. The summed E-state index contributed by atoms with van der Waals surface area (Å²) < 4.78 is 0. The van der Waals surface area contributed by atoms with Crippen LogP contribution in [0.4, 0.5) is 0 Å². The summed E-state index contributed by atoms with van der Waals surface area (Å²) in [4.78, 5) is 2.50. The van der Waals surface area contributed by atoms with Gasteiger partial charge in [-0.3, -0.25) is 0 Å². The van der Waals surface area contributed by atoms with Crippen molar-refractivity contribution < 1.29 is 0 Å². The van der Waals surface area contributed by atoms with Crippen molar-refractivity contribution in [3.8, 4) is 0 Å². The Kier molecular flexibility index (Phi) is 5.52. The molecule has 0 aliphatic carbocycles. The highest BCUT2D eigenvalue weighted by Gasteiger charge is 2.32. The second-order valence-corrected chi connectivity index (χ2v) is 7.35. The van der Waals surface area contributed by atoms with Crippen molar-refractivity contribution in [1.82, 2.24) is 4.90 Å². The Labute approximate surface area is 104 Å². The van der Waals surface area contributed by atoms with E-state index in [9.17, 15) is 0 Å². The van der Waals surface area contributed by atoms with Crippen LogP contribution in [0.1, 0.15) is 61.8 Å². The molecule has 0 radical (unpaired) electrons. The SMILES string of the molecule is CC(C)[C@H](C)N(C)CCC(C)(C)C(C)(C)C. The van der Waals surface area contributed by atoms with Gasteiger partial charge in [-0.25, -0.2) is 0 Å². The van der Waals surface area contributed by atoms with Gasteiger partial charge in [0.25, 0.3) is 0 Å². The molecule has 16 heavy (non-hydrogen) atoms. The summed E-state index contributed by atoms with van der Waals surface area (Å²) in [5.41, 5.74) is 0.785. The van der Waals surface area contributed by atoms with Crippen LogP contribution in [0.3, 0.4) is 0 Å². The first-order chi connectivity index (χ1) is 6.99. The smallest absolute Gasteiger partial charge is 0.00868 e. The molecule has 0 fully saturated rings. The van der Waals surface area contributed by atoms with Gasteiger partial charge in [0.1, 0.15) is 0 Å². The summed E-state index contributed by atoms with van der Waals surface area (Å²) in [7, 11) is 2.25. The van der Waals surface area contributed by atoms with E-state index >= 15 is 0 Å². The molecular formula is C15H33N. The Hall–Kier alpha value is -0.0400. The van der Waals surface area contributed by atoms with Gasteiger partial charge in [0.15, 0.2) is 0 Å². The van der Waals surface area contributed by atoms with E-state index in [0.29, 0.717) is 16.9 Å². The van der Waals surface area contributed by atoms with Crippen LogP contribution in [-0.2, 0) is 0 Å². The maximum Gasteiger partial charge on any atom is 0.00868 e. The lowest BCUT2D eigenvalue weighted by atomic mass is 9.67. The van der Waals surface area contributed by atoms with Crippen LogP contribution < -0.4 is 0 Å². The molecule has 0 unspecified atom stereocenters. The first-order valence-electron chi connectivity index (χ1n) is 6.69. The van der Waals surface area contributed by atoms with Crippen molar-refractivity contribution >= 4 is 0 Å². The zero-order valence-corrected chi connectivity index (χ0v) is 13.0. The summed E-state index contributed by atoms with van der Waals surface area (Å²) in [6.07, 6.45) is 1.27. The van der Waals surface area contributed by atoms with Gasteiger partial charge in [-0.05, 0) is 43.7 Å². The molecule has 0 aromatic heterocycles. The topological polar surface area (TPSA) is 3.24 Å². The predicted molar refractivity (Wildman–Crippen MR) is 74.8 cm³/mol. The minimum Gasteiger partial charge on any atom is -0.303 e. The first-order valence-corrected chi connectivity index (χ1v) is 6.69. The average molecular weight is 227 g/mol. The largest absolute Gasteiger partial charge is 0.303 e. The van der Waals surface area contributed by atoms with Crippen molar-refractivity contribution in [3.63, 3.8) is 0 Å². The van der Waals surface area contributed by atoms with Crippen LogP contribution in [0.2, 0.25) is 0 Å². The monoisotopic (exact) mass is 227 g/mol. The summed E-state index contributed by atoms with van der Waals surface area (Å²) >= 11 is 0. The van der Waals surface area contributed by atoms with E-state index in [0.717, 1.165) is 5.92 Å². The van der Waals surface area contributed by atoms with Crippen LogP contribution in [0.25, 0.3) is 0 Å². The number of nitrogens with zero attached hydrogens (tertiary/aromatic N) is 1. The Morgan fingerprint density at radius 1 is 0.938 bits per heavy atom. The van der Waals surface area contributed by atoms with Crippen LogP contribution >= 0.6 is 0 Å². The lowest BCUT2D eigenvalue weighted by molar-refractivity contribution is 0.0906. The van der Waals surface area contributed by atoms with E-state index in [1.54, 1.807) is 0 Å². The third kappa shape index (κ3) is 4.45. The fourth-order valence-electron chi connectivity index (χ4n) is 1.54. The lowest BCUT2D eigenvalue weighted by Crippen LogP contribution is -2.38. The minimum absolute atomic E-state index is 0.384. The molecule has 0 amide bonds. The molecule has 0 saturated carbocycles. The highest BCUT2D eigenvalue weighted by Crippen LogP contribution is 2.40. The molecule has 0 aromatic carbocycles. The van der Waals surface area contributed by atoms with Gasteiger partial charge < -0.3 is 4.90 Å². The third-order valence-corrected chi connectivity index (χ3v) is 4.78. The molecular weight excluding hydrogens is 194 g/mol. The molecule has 98 valence electrons. The summed E-state index contributed by atoms with van der Waals surface area (Å²) in [5, 5.41) is 0. The summed E-state index contributed by atoms with van der Waals surface area (Å²) in [5.74, 6) is 0.739. The van der Waals surface area contributed by atoms with E-state index in [2.05, 4.69) is 67.3 Å². The third-order valence-electron chi connectivity index (χ3n) is 4.78. The molecule has 1 atom stereocenters. The second kappa shape index (κ2) is 5.53. The van der Waals surface area contributed by atoms with E-state index in [1.165, 1.54) is 13.0 Å². The average Bonchev–Trinajstić information content (AvgIpc) is 2.11. The maximum atomic E-state index is 2.50. The zero-order valence-electron chi connectivity index (χ0n) is 13.0. The minimum atomic E-state index is 0.384. The number of hydrogen-bond donors (Lipinski definition) is 0. The summed E-state index contributed by atoms with van der Waals surface area (Å²) in [6, 6.07) is 0.677. The standard InChI is InChI=1S/C15H33N/c1-12(2)13(3)16(9)11-10-15(7,8)14(4,5)6/h12-13H,10-11H2,1-9H3/t13-/m0/s1. The van der Waals surface area contributed by atoms with Gasteiger partial charge in [-0.15, -0.1) is 0 Å². The molecule has 0 aliphatic rings. The molecule has 0 rings (SSSR count). The Bertz CT molecular complexity index is 198. The van der Waals surface area contributed by atoms with Crippen molar-refractivity contribution in [2.24, 2.45) is 16.7 Å². The zero-order chi connectivity index (χ0) is 13.1. The summed E-state index contributed by atoms with van der Waals surface area (Å²) in [6.45, 7) is 19.9. The van der Waals surface area contributed by atoms with Crippen LogP contribution in [0, 0.1) is 16.7 Å². The molecule has 0 spiro atoms. The van der Waals surface area contributed by atoms with E-state index in [4.69, 9.17) is 0 Å². The molecule has 0 aliphatic heterocycles. The quantitative estimate of drug-likeness (QED) is 0.672. The van der Waals surface area contributed by atoms with Gasteiger partial charge in [0, 0.05) is 6.04 Å². The Morgan fingerprint density at radius 3 is 1.69 bits per heavy atom. The molecule has 1 heteroatoms. The highest BCUT2D eigenvalue weighted by molar-refractivity contribution is 4.83. The normalized spacial score (nSPS) is 15.9. The van der Waals surface area contributed by atoms with E-state index in [1.807, 2.05) is 0 Å². The molecule has 0 aromatic rings. The molecule has 0 bridgehead atoms. The molecule has 1 nitrogen and oxygen atoms in total. The molecule has 0 N–H and O–H groups in total. The maximum absolute atomic E-state index is 2.50. The van der Waals surface area contributed by atoms with Crippen LogP contribution in [0.5, 0.6) is 0 Å². The number of rotatable bonds is 5. The lowest BCUT2D eigenvalue weighted by Gasteiger charge is -2.41. The van der Waals surface area contributed by atoms with Crippen molar-refractivity contribution in [2.45, 2.75) is 67.9 Å². The van der Waals surface area contributed by atoms with Crippen LogP contribution in [0.15, 0.2) is 0 Å². The van der Waals surface area contributed by atoms with Gasteiger partial charge >= 0.3 is 0 Å². The second-order valence-electron chi connectivity index (χ2n) is 7.35. The van der Waals surface area contributed by atoms with Gasteiger partial charge in [0.2, 0.25) is 0 Å².